The maximum Gasteiger partial charge on any atom is 0.247 e. The number of allylic oxidation sites excluding steroid dienone is 1. The van der Waals surface area contributed by atoms with Gasteiger partial charge in [0.1, 0.15) is 6.04 Å². The van der Waals surface area contributed by atoms with Gasteiger partial charge in [-0.1, -0.05) is 13.8 Å². The number of nitrogens with zero attached hydrogens (tertiary/aromatic N) is 2. The second-order valence-corrected chi connectivity index (χ2v) is 5.43. The highest BCUT2D eigenvalue weighted by Crippen LogP contribution is 2.22. The van der Waals surface area contributed by atoms with Gasteiger partial charge in [0.2, 0.25) is 5.91 Å². The lowest BCUT2D eigenvalue weighted by atomic mass is 10.0. The van der Waals surface area contributed by atoms with Gasteiger partial charge in [-0.15, -0.1) is 0 Å². The molecule has 2 atom stereocenters. The fraction of sp³-hybridized carbons (Fsp3) is 0.769. The first-order valence-corrected chi connectivity index (χ1v) is 6.63. The van der Waals surface area contributed by atoms with E-state index in [1.165, 1.54) is 11.2 Å². The van der Waals surface area contributed by atoms with Gasteiger partial charge in [-0.25, -0.2) is 5.84 Å². The molecule has 0 bridgehead atoms. The lowest BCUT2D eigenvalue weighted by molar-refractivity contribution is -0.138. The Balaban J connectivity index is 2.88. The van der Waals surface area contributed by atoms with Gasteiger partial charge in [-0.2, -0.15) is 0 Å². The standard InChI is InChI=1S/C13H26N4O/c1-9(2)12(17(15)11(4)8-14)13(18)16-7-5-6-10(16)3/h8-10,12H,5-7,14-15H2,1-4H3/b11-8-. The molecule has 0 saturated carbocycles. The monoisotopic (exact) mass is 254 g/mol. The van der Waals surface area contributed by atoms with Gasteiger partial charge in [0.25, 0.3) is 0 Å². The molecule has 1 rings (SSSR count). The van der Waals surface area contributed by atoms with Gasteiger partial charge >= 0.3 is 0 Å². The summed E-state index contributed by atoms with van der Waals surface area (Å²) in [6.07, 6.45) is 3.59. The molecule has 1 fully saturated rings. The first-order valence-electron chi connectivity index (χ1n) is 6.63. The summed E-state index contributed by atoms with van der Waals surface area (Å²) in [5.41, 5.74) is 6.20. The molecule has 5 heteroatoms. The fourth-order valence-electron chi connectivity index (χ4n) is 2.46. The minimum atomic E-state index is -0.342. The second kappa shape index (κ2) is 6.09. The van der Waals surface area contributed by atoms with E-state index in [2.05, 4.69) is 6.92 Å². The molecule has 1 aliphatic rings. The van der Waals surface area contributed by atoms with Gasteiger partial charge in [0, 0.05) is 24.5 Å². The number of hydrazine groups is 1. The number of carbonyl (C=O) groups is 1. The SMILES string of the molecule is C/C(=C/N)N(N)C(C(=O)N1CCCC1C)C(C)C. The van der Waals surface area contributed by atoms with Crippen molar-refractivity contribution in [2.24, 2.45) is 17.5 Å². The van der Waals surface area contributed by atoms with Crippen LogP contribution in [0.25, 0.3) is 0 Å². The van der Waals surface area contributed by atoms with Crippen molar-refractivity contribution in [2.45, 2.75) is 52.6 Å². The summed E-state index contributed by atoms with van der Waals surface area (Å²) >= 11 is 0. The molecule has 0 radical (unpaired) electrons. The third-order valence-electron chi connectivity index (χ3n) is 3.67. The topological polar surface area (TPSA) is 75.6 Å². The van der Waals surface area contributed by atoms with Crippen LogP contribution in [0.1, 0.15) is 40.5 Å². The Kier molecular flexibility index (Phi) is 5.02. The Morgan fingerprint density at radius 2 is 2.11 bits per heavy atom. The Morgan fingerprint density at radius 1 is 1.50 bits per heavy atom. The number of nitrogens with two attached hydrogens (primary N) is 2. The van der Waals surface area contributed by atoms with Crippen LogP contribution in [0.5, 0.6) is 0 Å². The lowest BCUT2D eigenvalue weighted by Gasteiger charge is -2.35. The molecule has 4 N–H and O–H groups in total. The van der Waals surface area contributed by atoms with E-state index >= 15 is 0 Å². The van der Waals surface area contributed by atoms with Crippen molar-refractivity contribution < 1.29 is 4.79 Å². The molecule has 0 aliphatic carbocycles. The van der Waals surface area contributed by atoms with Gasteiger partial charge in [0.05, 0.1) is 0 Å². The van der Waals surface area contributed by atoms with Crippen molar-refractivity contribution >= 4 is 5.91 Å². The maximum absolute atomic E-state index is 12.6. The second-order valence-electron chi connectivity index (χ2n) is 5.43. The summed E-state index contributed by atoms with van der Waals surface area (Å²) in [6.45, 7) is 8.76. The third kappa shape index (κ3) is 2.96. The van der Waals surface area contributed by atoms with E-state index in [0.29, 0.717) is 11.7 Å². The molecular formula is C13H26N4O. The average Bonchev–Trinajstić information content (AvgIpc) is 2.73. The molecule has 1 saturated heterocycles. The zero-order valence-electron chi connectivity index (χ0n) is 11.9. The predicted molar refractivity (Wildman–Crippen MR) is 73.0 cm³/mol. The van der Waals surface area contributed by atoms with Crippen LogP contribution in [0, 0.1) is 5.92 Å². The first-order chi connectivity index (χ1) is 8.40. The Hall–Kier alpha value is -1.23. The molecule has 0 aromatic heterocycles. The van der Waals surface area contributed by atoms with Crippen molar-refractivity contribution in [3.8, 4) is 0 Å². The quantitative estimate of drug-likeness (QED) is 0.580. The van der Waals surface area contributed by atoms with E-state index in [-0.39, 0.29) is 17.9 Å². The van der Waals surface area contributed by atoms with Crippen LogP contribution in [0.15, 0.2) is 11.9 Å². The largest absolute Gasteiger partial charge is 0.403 e. The van der Waals surface area contributed by atoms with Gasteiger partial charge in [-0.05, 0) is 32.6 Å². The minimum Gasteiger partial charge on any atom is -0.403 e. The highest BCUT2D eigenvalue weighted by Gasteiger charge is 2.35. The zero-order valence-corrected chi connectivity index (χ0v) is 11.9. The molecular weight excluding hydrogens is 228 g/mol. The summed E-state index contributed by atoms with van der Waals surface area (Å²) in [4.78, 5) is 14.5. The molecule has 104 valence electrons. The third-order valence-corrected chi connectivity index (χ3v) is 3.67. The van der Waals surface area contributed by atoms with Crippen LogP contribution in [-0.4, -0.2) is 34.4 Å². The zero-order chi connectivity index (χ0) is 13.9. The van der Waals surface area contributed by atoms with Crippen LogP contribution in [-0.2, 0) is 4.79 Å². The molecule has 2 unspecified atom stereocenters. The van der Waals surface area contributed by atoms with E-state index in [9.17, 15) is 4.79 Å². The Bertz CT molecular complexity index is 327. The molecule has 0 aromatic rings. The Morgan fingerprint density at radius 3 is 2.50 bits per heavy atom. The molecule has 1 amide bonds. The van der Waals surface area contributed by atoms with E-state index in [4.69, 9.17) is 11.6 Å². The van der Waals surface area contributed by atoms with Crippen LogP contribution in [0.3, 0.4) is 0 Å². The van der Waals surface area contributed by atoms with Crippen LogP contribution in [0.4, 0.5) is 0 Å². The molecule has 1 heterocycles. The number of likely N-dealkylation sites (tertiary alicyclic amines) is 1. The summed E-state index contributed by atoms with van der Waals surface area (Å²) in [5.74, 6) is 6.28. The predicted octanol–water partition coefficient (Wildman–Crippen LogP) is 1.02. The van der Waals surface area contributed by atoms with Crippen LogP contribution < -0.4 is 11.6 Å². The fourth-order valence-corrected chi connectivity index (χ4v) is 2.46. The van der Waals surface area contributed by atoms with E-state index in [0.717, 1.165) is 19.4 Å². The van der Waals surface area contributed by atoms with Crippen molar-refractivity contribution in [2.75, 3.05) is 6.54 Å². The lowest BCUT2D eigenvalue weighted by Crippen LogP contribution is -2.54. The number of rotatable bonds is 4. The molecule has 0 spiro atoms. The molecule has 5 nitrogen and oxygen atoms in total. The summed E-state index contributed by atoms with van der Waals surface area (Å²) in [6, 6.07) is -0.0281. The van der Waals surface area contributed by atoms with Crippen molar-refractivity contribution in [1.29, 1.82) is 0 Å². The molecule has 18 heavy (non-hydrogen) atoms. The van der Waals surface area contributed by atoms with Crippen molar-refractivity contribution in [3.05, 3.63) is 11.9 Å². The van der Waals surface area contributed by atoms with E-state index in [1.54, 1.807) is 0 Å². The van der Waals surface area contributed by atoms with Gasteiger partial charge < -0.3 is 15.6 Å². The van der Waals surface area contributed by atoms with Gasteiger partial charge in [0.15, 0.2) is 0 Å². The van der Waals surface area contributed by atoms with Gasteiger partial charge in [-0.3, -0.25) is 4.79 Å². The summed E-state index contributed by atoms with van der Waals surface area (Å²) in [5, 5.41) is 1.50. The highest BCUT2D eigenvalue weighted by molar-refractivity contribution is 5.82. The van der Waals surface area contributed by atoms with Crippen LogP contribution >= 0.6 is 0 Å². The molecule has 1 aliphatic heterocycles. The average molecular weight is 254 g/mol. The first kappa shape index (κ1) is 14.8. The highest BCUT2D eigenvalue weighted by atomic mass is 16.2. The number of hydrogen-bond acceptors (Lipinski definition) is 4. The normalized spacial score (nSPS) is 22.4. The number of carbonyl (C=O) groups excluding carboxylic acids is 1. The van der Waals surface area contributed by atoms with Crippen LogP contribution in [0.2, 0.25) is 0 Å². The number of hydrogen-bond donors (Lipinski definition) is 2. The number of amides is 1. The minimum absolute atomic E-state index is 0.110. The summed E-state index contributed by atoms with van der Waals surface area (Å²) in [7, 11) is 0. The van der Waals surface area contributed by atoms with E-state index < -0.39 is 0 Å². The smallest absolute Gasteiger partial charge is 0.247 e. The molecule has 0 aromatic carbocycles. The van der Waals surface area contributed by atoms with E-state index in [1.807, 2.05) is 25.7 Å². The Labute approximate surface area is 110 Å². The summed E-state index contributed by atoms with van der Waals surface area (Å²) < 4.78 is 0. The van der Waals surface area contributed by atoms with Crippen molar-refractivity contribution in [1.82, 2.24) is 9.91 Å². The van der Waals surface area contributed by atoms with Crippen molar-refractivity contribution in [3.63, 3.8) is 0 Å². The maximum atomic E-state index is 12.6.